The van der Waals surface area contributed by atoms with Gasteiger partial charge in [-0.25, -0.2) is 0 Å². The highest BCUT2D eigenvalue weighted by atomic mass is 16.5. The highest BCUT2D eigenvalue weighted by Gasteiger charge is 2.36. The van der Waals surface area contributed by atoms with Crippen LogP contribution in [0.2, 0.25) is 0 Å². The molecule has 0 aliphatic carbocycles. The Labute approximate surface area is 104 Å². The third-order valence-electron chi connectivity index (χ3n) is 4.10. The Balaban J connectivity index is 2.15. The molecule has 1 aromatic rings. The molecule has 1 aliphatic heterocycles. The van der Waals surface area contributed by atoms with Crippen LogP contribution in [-0.4, -0.2) is 18.2 Å². The highest BCUT2D eigenvalue weighted by molar-refractivity contribution is 5.34. The molecule has 1 aliphatic rings. The Hall–Kier alpha value is -0.860. The summed E-state index contributed by atoms with van der Waals surface area (Å²) >= 11 is 0. The first kappa shape index (κ1) is 12.6. The van der Waals surface area contributed by atoms with Crippen LogP contribution < -0.4 is 5.73 Å². The van der Waals surface area contributed by atoms with Gasteiger partial charge in [-0.1, -0.05) is 18.2 Å². The number of nitrogens with two attached hydrogens (primary N) is 1. The number of ether oxygens (including phenoxy) is 1. The first-order chi connectivity index (χ1) is 8.03. The normalized spacial score (nSPS) is 26.1. The largest absolute Gasteiger partial charge is 0.374 e. The molecule has 1 saturated heterocycles. The monoisotopic (exact) mass is 233 g/mol. The number of hydrogen-bond donors (Lipinski definition) is 1. The number of benzene rings is 1. The van der Waals surface area contributed by atoms with E-state index < -0.39 is 0 Å². The molecule has 0 radical (unpaired) electrons. The lowest BCUT2D eigenvalue weighted by Crippen LogP contribution is -2.46. The van der Waals surface area contributed by atoms with Crippen molar-refractivity contribution in [3.63, 3.8) is 0 Å². The predicted octanol–water partition coefficient (Wildman–Crippen LogP) is 2.74. The molecule has 2 N–H and O–H groups in total. The van der Waals surface area contributed by atoms with E-state index in [4.69, 9.17) is 10.5 Å². The lowest BCUT2D eigenvalue weighted by molar-refractivity contribution is -0.000958. The molecule has 0 bridgehead atoms. The molecule has 0 spiro atoms. The van der Waals surface area contributed by atoms with Gasteiger partial charge in [-0.05, 0) is 56.7 Å². The lowest BCUT2D eigenvalue weighted by atomic mass is 9.86. The second kappa shape index (κ2) is 4.79. The number of aryl methyl sites for hydroxylation is 2. The summed E-state index contributed by atoms with van der Waals surface area (Å²) in [5.74, 6) is 0. The van der Waals surface area contributed by atoms with Crippen LogP contribution in [0.25, 0.3) is 0 Å². The van der Waals surface area contributed by atoms with E-state index in [0.717, 1.165) is 25.9 Å². The molecule has 1 fully saturated rings. The highest BCUT2D eigenvalue weighted by Crippen LogP contribution is 2.30. The molecule has 2 atom stereocenters. The van der Waals surface area contributed by atoms with Crippen LogP contribution in [0.5, 0.6) is 0 Å². The van der Waals surface area contributed by atoms with Gasteiger partial charge in [-0.15, -0.1) is 0 Å². The third-order valence-corrected chi connectivity index (χ3v) is 4.10. The van der Waals surface area contributed by atoms with Crippen molar-refractivity contribution < 1.29 is 4.74 Å². The molecule has 2 nitrogen and oxygen atoms in total. The summed E-state index contributed by atoms with van der Waals surface area (Å²) in [5, 5.41) is 0. The second-order valence-corrected chi connectivity index (χ2v) is 5.45. The molecule has 0 aromatic heterocycles. The maximum Gasteiger partial charge on any atom is 0.0808 e. The van der Waals surface area contributed by atoms with Crippen molar-refractivity contribution in [3.8, 4) is 0 Å². The Kier molecular flexibility index (Phi) is 3.55. The van der Waals surface area contributed by atoms with Crippen LogP contribution in [0.15, 0.2) is 18.2 Å². The van der Waals surface area contributed by atoms with E-state index in [1.54, 1.807) is 0 Å². The van der Waals surface area contributed by atoms with Crippen LogP contribution in [-0.2, 0) is 11.2 Å². The average Bonchev–Trinajstić information content (AvgIpc) is 2.72. The maximum atomic E-state index is 6.36. The smallest absolute Gasteiger partial charge is 0.0808 e. The Morgan fingerprint density at radius 1 is 1.35 bits per heavy atom. The lowest BCUT2D eigenvalue weighted by Gasteiger charge is -2.31. The zero-order valence-corrected chi connectivity index (χ0v) is 11.1. The zero-order chi connectivity index (χ0) is 12.5. The minimum absolute atomic E-state index is 0.0878. The molecule has 2 rings (SSSR count). The summed E-state index contributed by atoms with van der Waals surface area (Å²) in [6, 6.07) is 6.51. The molecule has 17 heavy (non-hydrogen) atoms. The molecule has 1 heterocycles. The van der Waals surface area contributed by atoms with Crippen molar-refractivity contribution in [2.75, 3.05) is 6.61 Å². The quantitative estimate of drug-likeness (QED) is 0.871. The Morgan fingerprint density at radius 3 is 2.53 bits per heavy atom. The zero-order valence-electron chi connectivity index (χ0n) is 11.1. The molecule has 1 aromatic carbocycles. The third kappa shape index (κ3) is 2.53. The summed E-state index contributed by atoms with van der Waals surface area (Å²) in [4.78, 5) is 0. The molecule has 0 saturated carbocycles. The second-order valence-electron chi connectivity index (χ2n) is 5.45. The van der Waals surface area contributed by atoms with Crippen molar-refractivity contribution in [2.45, 2.75) is 51.7 Å². The number of rotatable bonds is 3. The molecule has 94 valence electrons. The van der Waals surface area contributed by atoms with Gasteiger partial charge in [0.05, 0.1) is 5.60 Å². The molecule has 2 heteroatoms. The van der Waals surface area contributed by atoms with Gasteiger partial charge in [0.1, 0.15) is 0 Å². The van der Waals surface area contributed by atoms with Gasteiger partial charge in [0.15, 0.2) is 0 Å². The van der Waals surface area contributed by atoms with Crippen molar-refractivity contribution in [3.05, 3.63) is 34.9 Å². The van der Waals surface area contributed by atoms with Crippen molar-refractivity contribution >= 4 is 0 Å². The minimum atomic E-state index is -0.130. The average molecular weight is 233 g/mol. The van der Waals surface area contributed by atoms with Gasteiger partial charge in [0.2, 0.25) is 0 Å². The van der Waals surface area contributed by atoms with E-state index >= 15 is 0 Å². The molecule has 2 unspecified atom stereocenters. The first-order valence-electron chi connectivity index (χ1n) is 6.47. The maximum absolute atomic E-state index is 6.36. The standard InChI is InChI=1S/C15H23NO/c1-11-6-4-7-12(2)13(11)10-14(16)15(3)8-5-9-17-15/h4,6-7,14H,5,8-10,16H2,1-3H3. The van der Waals surface area contributed by atoms with Crippen LogP contribution in [0.3, 0.4) is 0 Å². The fraction of sp³-hybridized carbons (Fsp3) is 0.600. The van der Waals surface area contributed by atoms with Crippen molar-refractivity contribution in [2.24, 2.45) is 5.73 Å². The summed E-state index contributed by atoms with van der Waals surface area (Å²) < 4.78 is 5.83. The summed E-state index contributed by atoms with van der Waals surface area (Å²) in [7, 11) is 0. The van der Waals surface area contributed by atoms with Crippen LogP contribution in [0, 0.1) is 13.8 Å². The van der Waals surface area contributed by atoms with Gasteiger partial charge >= 0.3 is 0 Å². The topological polar surface area (TPSA) is 35.2 Å². The van der Waals surface area contributed by atoms with Gasteiger partial charge in [-0.3, -0.25) is 0 Å². The van der Waals surface area contributed by atoms with E-state index in [0.29, 0.717) is 0 Å². The Morgan fingerprint density at radius 2 is 2.00 bits per heavy atom. The van der Waals surface area contributed by atoms with Crippen LogP contribution in [0.4, 0.5) is 0 Å². The van der Waals surface area contributed by atoms with E-state index in [9.17, 15) is 0 Å². The van der Waals surface area contributed by atoms with Crippen molar-refractivity contribution in [1.29, 1.82) is 0 Å². The number of hydrogen-bond acceptors (Lipinski definition) is 2. The summed E-state index contributed by atoms with van der Waals surface area (Å²) in [5.41, 5.74) is 10.3. The van der Waals surface area contributed by atoms with E-state index in [-0.39, 0.29) is 11.6 Å². The van der Waals surface area contributed by atoms with E-state index in [1.165, 1.54) is 16.7 Å². The van der Waals surface area contributed by atoms with Gasteiger partial charge < -0.3 is 10.5 Å². The van der Waals surface area contributed by atoms with E-state index in [2.05, 4.69) is 39.0 Å². The summed E-state index contributed by atoms with van der Waals surface area (Å²) in [6.45, 7) is 7.33. The fourth-order valence-corrected chi connectivity index (χ4v) is 2.70. The minimum Gasteiger partial charge on any atom is -0.374 e. The fourth-order valence-electron chi connectivity index (χ4n) is 2.70. The molecular weight excluding hydrogens is 210 g/mol. The van der Waals surface area contributed by atoms with Gasteiger partial charge in [0, 0.05) is 12.6 Å². The molecule has 0 amide bonds. The van der Waals surface area contributed by atoms with Crippen LogP contribution in [0.1, 0.15) is 36.5 Å². The Bertz CT molecular complexity index is 374. The first-order valence-corrected chi connectivity index (χ1v) is 6.47. The van der Waals surface area contributed by atoms with E-state index in [1.807, 2.05) is 0 Å². The summed E-state index contributed by atoms with van der Waals surface area (Å²) in [6.07, 6.45) is 3.13. The van der Waals surface area contributed by atoms with Gasteiger partial charge in [0.25, 0.3) is 0 Å². The predicted molar refractivity (Wildman–Crippen MR) is 71.2 cm³/mol. The SMILES string of the molecule is Cc1cccc(C)c1CC(N)C1(C)CCCO1. The molecular formula is C15H23NO. The van der Waals surface area contributed by atoms with Gasteiger partial charge in [-0.2, -0.15) is 0 Å². The van der Waals surface area contributed by atoms with Crippen molar-refractivity contribution in [1.82, 2.24) is 0 Å². The van der Waals surface area contributed by atoms with Crippen LogP contribution >= 0.6 is 0 Å².